The highest BCUT2D eigenvalue weighted by molar-refractivity contribution is 9.11. The minimum atomic E-state index is 0.594. The molecule has 1 fully saturated rings. The summed E-state index contributed by atoms with van der Waals surface area (Å²) in [7, 11) is 0. The first-order valence-corrected chi connectivity index (χ1v) is 8.66. The molecule has 1 aliphatic rings. The van der Waals surface area contributed by atoms with E-state index < -0.39 is 0 Å². The Hall–Kier alpha value is -0.460. The van der Waals surface area contributed by atoms with E-state index in [0.29, 0.717) is 5.92 Å². The second kappa shape index (κ2) is 5.50. The van der Waals surface area contributed by atoms with Gasteiger partial charge in [0.05, 0.1) is 18.8 Å². The zero-order valence-electron chi connectivity index (χ0n) is 10.4. The van der Waals surface area contributed by atoms with Crippen LogP contribution in [0.4, 0.5) is 5.82 Å². The number of aromatic nitrogens is 2. The molecule has 0 unspecified atom stereocenters. The van der Waals surface area contributed by atoms with Gasteiger partial charge in [-0.2, -0.15) is 0 Å². The van der Waals surface area contributed by atoms with Crippen molar-refractivity contribution in [2.24, 2.45) is 0 Å². The fraction of sp³-hybridized carbons (Fsp3) is 0.385. The standard InChI is InChI=1S/C13H13Br2N3S/c1-2-16-13-10(15)11(7-3-4-7)17-12(18-13)8-5-6-9(14)19-8/h5-7H,2-4H2,1H3,(H,16,17,18). The number of anilines is 1. The summed E-state index contributed by atoms with van der Waals surface area (Å²) in [5.74, 6) is 2.31. The first-order valence-electron chi connectivity index (χ1n) is 6.26. The molecule has 6 heteroatoms. The lowest BCUT2D eigenvalue weighted by atomic mass is 10.2. The van der Waals surface area contributed by atoms with Crippen molar-refractivity contribution in [3.8, 4) is 10.7 Å². The van der Waals surface area contributed by atoms with Gasteiger partial charge in [0, 0.05) is 12.5 Å². The van der Waals surface area contributed by atoms with Crippen LogP contribution < -0.4 is 5.32 Å². The monoisotopic (exact) mass is 401 g/mol. The molecule has 0 spiro atoms. The number of halogens is 2. The quantitative estimate of drug-likeness (QED) is 0.778. The molecule has 3 nitrogen and oxygen atoms in total. The van der Waals surface area contributed by atoms with Crippen molar-refractivity contribution in [3.63, 3.8) is 0 Å². The number of hydrogen-bond acceptors (Lipinski definition) is 4. The minimum Gasteiger partial charge on any atom is -0.369 e. The van der Waals surface area contributed by atoms with E-state index >= 15 is 0 Å². The highest BCUT2D eigenvalue weighted by Gasteiger charge is 2.29. The summed E-state index contributed by atoms with van der Waals surface area (Å²) in [5, 5.41) is 3.31. The lowest BCUT2D eigenvalue weighted by molar-refractivity contribution is 0.976. The summed E-state index contributed by atoms with van der Waals surface area (Å²) in [4.78, 5) is 10.5. The van der Waals surface area contributed by atoms with Crippen LogP contribution in [0.5, 0.6) is 0 Å². The van der Waals surface area contributed by atoms with Crippen molar-refractivity contribution in [2.45, 2.75) is 25.7 Å². The second-order valence-corrected chi connectivity index (χ2v) is 7.76. The number of rotatable bonds is 4. The van der Waals surface area contributed by atoms with E-state index in [4.69, 9.17) is 4.98 Å². The highest BCUT2D eigenvalue weighted by atomic mass is 79.9. The Balaban J connectivity index is 2.08. The molecule has 19 heavy (non-hydrogen) atoms. The third kappa shape index (κ3) is 2.85. The van der Waals surface area contributed by atoms with Gasteiger partial charge in [-0.25, -0.2) is 9.97 Å². The van der Waals surface area contributed by atoms with E-state index in [1.165, 1.54) is 12.8 Å². The summed E-state index contributed by atoms with van der Waals surface area (Å²) in [6, 6.07) is 4.10. The van der Waals surface area contributed by atoms with Crippen LogP contribution in [0.1, 0.15) is 31.4 Å². The summed E-state index contributed by atoms with van der Waals surface area (Å²) in [6.07, 6.45) is 2.46. The molecule has 0 aromatic carbocycles. The molecular weight excluding hydrogens is 390 g/mol. The van der Waals surface area contributed by atoms with Gasteiger partial charge >= 0.3 is 0 Å². The van der Waals surface area contributed by atoms with Gasteiger partial charge in [0.15, 0.2) is 5.82 Å². The number of nitrogens with zero attached hydrogens (tertiary/aromatic N) is 2. The molecule has 2 aromatic heterocycles. The van der Waals surface area contributed by atoms with Crippen LogP contribution in [-0.4, -0.2) is 16.5 Å². The van der Waals surface area contributed by atoms with E-state index in [1.807, 2.05) is 6.07 Å². The van der Waals surface area contributed by atoms with Crippen molar-refractivity contribution in [1.29, 1.82) is 0 Å². The topological polar surface area (TPSA) is 37.8 Å². The number of nitrogens with one attached hydrogen (secondary N) is 1. The van der Waals surface area contributed by atoms with Gasteiger partial charge in [-0.3, -0.25) is 0 Å². The normalized spacial score (nSPS) is 14.7. The maximum atomic E-state index is 4.75. The Morgan fingerprint density at radius 2 is 2.11 bits per heavy atom. The molecule has 3 rings (SSSR count). The average molecular weight is 403 g/mol. The third-order valence-electron chi connectivity index (χ3n) is 2.98. The molecule has 0 amide bonds. The average Bonchev–Trinajstić information content (AvgIpc) is 3.14. The van der Waals surface area contributed by atoms with Crippen molar-refractivity contribution in [3.05, 3.63) is 26.1 Å². The van der Waals surface area contributed by atoms with E-state index in [9.17, 15) is 0 Å². The predicted molar refractivity (Wildman–Crippen MR) is 86.9 cm³/mol. The summed E-state index contributed by atoms with van der Waals surface area (Å²) >= 11 is 8.80. The van der Waals surface area contributed by atoms with Crippen LogP contribution in [0, 0.1) is 0 Å². The molecule has 1 saturated carbocycles. The smallest absolute Gasteiger partial charge is 0.171 e. The van der Waals surface area contributed by atoms with E-state index in [-0.39, 0.29) is 0 Å². The van der Waals surface area contributed by atoms with Gasteiger partial charge in [0.25, 0.3) is 0 Å². The first kappa shape index (κ1) is 13.5. The fourth-order valence-electron chi connectivity index (χ4n) is 1.92. The van der Waals surface area contributed by atoms with Gasteiger partial charge < -0.3 is 5.32 Å². The van der Waals surface area contributed by atoms with Gasteiger partial charge in [-0.05, 0) is 63.8 Å². The number of hydrogen-bond donors (Lipinski definition) is 1. The molecule has 0 bridgehead atoms. The van der Waals surface area contributed by atoms with Crippen molar-refractivity contribution >= 4 is 49.0 Å². The second-order valence-electron chi connectivity index (χ2n) is 4.50. The van der Waals surface area contributed by atoms with Crippen LogP contribution in [0.3, 0.4) is 0 Å². The SMILES string of the molecule is CCNc1nc(-c2ccc(Br)s2)nc(C2CC2)c1Br. The maximum Gasteiger partial charge on any atom is 0.171 e. The van der Waals surface area contributed by atoms with Crippen LogP contribution in [-0.2, 0) is 0 Å². The highest BCUT2D eigenvalue weighted by Crippen LogP contribution is 2.44. The van der Waals surface area contributed by atoms with Gasteiger partial charge in [-0.1, -0.05) is 0 Å². The van der Waals surface area contributed by atoms with Crippen molar-refractivity contribution in [1.82, 2.24) is 9.97 Å². The Kier molecular flexibility index (Phi) is 3.91. The predicted octanol–water partition coefficient (Wildman–Crippen LogP) is 5.04. The van der Waals surface area contributed by atoms with Crippen molar-refractivity contribution < 1.29 is 0 Å². The first-order chi connectivity index (χ1) is 9.19. The molecule has 0 atom stereocenters. The Bertz CT molecular complexity index is 608. The zero-order chi connectivity index (χ0) is 13.4. The summed E-state index contributed by atoms with van der Waals surface area (Å²) in [6.45, 7) is 2.93. The molecular formula is C13H13Br2N3S. The van der Waals surface area contributed by atoms with E-state index in [2.05, 4.69) is 55.2 Å². The molecule has 1 aliphatic carbocycles. The summed E-state index contributed by atoms with van der Waals surface area (Å²) in [5.41, 5.74) is 1.14. The molecule has 2 aromatic rings. The molecule has 2 heterocycles. The fourth-order valence-corrected chi connectivity index (χ4v) is 3.88. The lowest BCUT2D eigenvalue weighted by Crippen LogP contribution is -2.05. The van der Waals surface area contributed by atoms with Gasteiger partial charge in [0.2, 0.25) is 0 Å². The van der Waals surface area contributed by atoms with Gasteiger partial charge in [-0.15, -0.1) is 11.3 Å². The summed E-state index contributed by atoms with van der Waals surface area (Å²) < 4.78 is 2.13. The minimum absolute atomic E-state index is 0.594. The molecule has 0 radical (unpaired) electrons. The Morgan fingerprint density at radius 3 is 2.68 bits per heavy atom. The number of thiophene rings is 1. The Morgan fingerprint density at radius 1 is 1.32 bits per heavy atom. The van der Waals surface area contributed by atoms with Crippen LogP contribution in [0.2, 0.25) is 0 Å². The lowest BCUT2D eigenvalue weighted by Gasteiger charge is -2.11. The maximum absolute atomic E-state index is 4.75. The van der Waals surface area contributed by atoms with E-state index in [0.717, 1.165) is 37.0 Å². The van der Waals surface area contributed by atoms with Gasteiger partial charge in [0.1, 0.15) is 5.82 Å². The largest absolute Gasteiger partial charge is 0.369 e. The molecule has 100 valence electrons. The van der Waals surface area contributed by atoms with Crippen molar-refractivity contribution in [2.75, 3.05) is 11.9 Å². The van der Waals surface area contributed by atoms with E-state index in [1.54, 1.807) is 11.3 Å². The Labute approximate surface area is 133 Å². The van der Waals surface area contributed by atoms with Crippen LogP contribution in [0.15, 0.2) is 20.4 Å². The van der Waals surface area contributed by atoms with Crippen LogP contribution >= 0.6 is 43.2 Å². The molecule has 1 N–H and O–H groups in total. The molecule has 0 saturated heterocycles. The zero-order valence-corrected chi connectivity index (χ0v) is 14.4. The molecule has 0 aliphatic heterocycles. The van der Waals surface area contributed by atoms with Crippen LogP contribution in [0.25, 0.3) is 10.7 Å². The third-order valence-corrected chi connectivity index (χ3v) is 5.38.